The van der Waals surface area contributed by atoms with Crippen molar-refractivity contribution in [3.8, 4) is 0 Å². The van der Waals surface area contributed by atoms with Crippen molar-refractivity contribution in [3.05, 3.63) is 30.0 Å². The normalized spacial score (nSPS) is 21.1. The molecule has 0 spiro atoms. The Morgan fingerprint density at radius 1 is 1.45 bits per heavy atom. The maximum Gasteiger partial charge on any atom is 0.407 e. The second-order valence-corrected chi connectivity index (χ2v) is 7.25. The van der Waals surface area contributed by atoms with E-state index in [9.17, 15) is 9.90 Å². The van der Waals surface area contributed by atoms with E-state index in [1.54, 1.807) is 4.90 Å². The number of nitrogens with zero attached hydrogens (tertiary/aromatic N) is 3. The maximum atomic E-state index is 11.5. The molecule has 1 aromatic heterocycles. The monoisotopic (exact) mass is 301 g/mol. The maximum absolute atomic E-state index is 11.5. The molecule has 1 fully saturated rings. The lowest BCUT2D eigenvalue weighted by atomic mass is 10.0. The zero-order valence-electron chi connectivity index (χ0n) is 13.6. The van der Waals surface area contributed by atoms with Crippen LogP contribution in [0.15, 0.2) is 24.4 Å². The third-order valence-electron chi connectivity index (χ3n) is 4.48. The van der Waals surface area contributed by atoms with E-state index in [-0.39, 0.29) is 5.54 Å². The molecule has 0 radical (unpaired) electrons. The summed E-state index contributed by atoms with van der Waals surface area (Å²) in [5, 5.41) is 15.1. The van der Waals surface area contributed by atoms with Gasteiger partial charge in [-0.25, -0.2) is 4.79 Å². The predicted octanol–water partition coefficient (Wildman–Crippen LogP) is 3.46. The van der Waals surface area contributed by atoms with Gasteiger partial charge in [0, 0.05) is 30.7 Å². The lowest BCUT2D eigenvalue weighted by Gasteiger charge is -2.33. The standard InChI is InChI=1S/C17H23N3O2/c1-17(2,3)20(16(21)22)9-11-8-13(11)12-6-5-7-15-14(12)10-19(4)18-15/h5-7,10-11,13H,8-9H2,1-4H3,(H,21,22). The molecule has 2 atom stereocenters. The number of amides is 1. The van der Waals surface area contributed by atoms with Crippen LogP contribution in [0.3, 0.4) is 0 Å². The Bertz CT molecular complexity index is 714. The number of benzene rings is 1. The highest BCUT2D eigenvalue weighted by molar-refractivity contribution is 5.82. The lowest BCUT2D eigenvalue weighted by molar-refractivity contribution is 0.0967. The minimum atomic E-state index is -0.835. The topological polar surface area (TPSA) is 58.4 Å². The molecule has 0 saturated heterocycles. The fourth-order valence-electron chi connectivity index (χ4n) is 3.21. The summed E-state index contributed by atoms with van der Waals surface area (Å²) in [6.45, 7) is 6.43. The van der Waals surface area contributed by atoms with Crippen LogP contribution in [0.25, 0.3) is 10.9 Å². The van der Waals surface area contributed by atoms with Gasteiger partial charge in [0.25, 0.3) is 0 Å². The average molecular weight is 301 g/mol. The zero-order chi connectivity index (χ0) is 16.1. The van der Waals surface area contributed by atoms with Crippen LogP contribution in [0.5, 0.6) is 0 Å². The van der Waals surface area contributed by atoms with Crippen LogP contribution in [0.4, 0.5) is 4.79 Å². The molecule has 5 heteroatoms. The van der Waals surface area contributed by atoms with Crippen molar-refractivity contribution in [2.24, 2.45) is 13.0 Å². The molecule has 1 amide bonds. The second kappa shape index (κ2) is 5.00. The third-order valence-corrected chi connectivity index (χ3v) is 4.48. The van der Waals surface area contributed by atoms with Gasteiger partial charge in [0.2, 0.25) is 0 Å². The molecule has 1 heterocycles. The predicted molar refractivity (Wildman–Crippen MR) is 86.0 cm³/mol. The van der Waals surface area contributed by atoms with Gasteiger partial charge in [0.1, 0.15) is 0 Å². The molecular formula is C17H23N3O2. The zero-order valence-corrected chi connectivity index (χ0v) is 13.6. The highest BCUT2D eigenvalue weighted by Crippen LogP contribution is 2.50. The summed E-state index contributed by atoms with van der Waals surface area (Å²) in [5.41, 5.74) is 1.95. The van der Waals surface area contributed by atoms with E-state index in [4.69, 9.17) is 0 Å². The highest BCUT2D eigenvalue weighted by atomic mass is 16.4. The Balaban J connectivity index is 1.80. The molecule has 1 aromatic carbocycles. The van der Waals surface area contributed by atoms with Crippen LogP contribution < -0.4 is 0 Å². The first-order chi connectivity index (χ1) is 10.3. The smallest absolute Gasteiger partial charge is 0.407 e. The molecule has 3 rings (SSSR count). The van der Waals surface area contributed by atoms with E-state index in [0.29, 0.717) is 18.4 Å². The highest BCUT2D eigenvalue weighted by Gasteiger charge is 2.43. The Labute approximate surface area is 130 Å². The van der Waals surface area contributed by atoms with Crippen LogP contribution in [0.2, 0.25) is 0 Å². The number of fused-ring (bicyclic) bond motifs is 1. The summed E-state index contributed by atoms with van der Waals surface area (Å²) in [7, 11) is 1.93. The summed E-state index contributed by atoms with van der Waals surface area (Å²) in [6, 6.07) is 6.21. The minimum absolute atomic E-state index is 0.362. The van der Waals surface area contributed by atoms with Gasteiger partial charge < -0.3 is 10.0 Å². The molecule has 2 unspecified atom stereocenters. The van der Waals surface area contributed by atoms with Crippen molar-refractivity contribution in [2.45, 2.75) is 38.6 Å². The molecule has 0 bridgehead atoms. The summed E-state index contributed by atoms with van der Waals surface area (Å²) < 4.78 is 1.84. The molecule has 1 N–H and O–H groups in total. The van der Waals surface area contributed by atoms with Crippen molar-refractivity contribution >= 4 is 17.0 Å². The van der Waals surface area contributed by atoms with Gasteiger partial charge >= 0.3 is 6.09 Å². The van der Waals surface area contributed by atoms with Crippen molar-refractivity contribution in [1.29, 1.82) is 0 Å². The fourth-order valence-corrected chi connectivity index (χ4v) is 3.21. The van der Waals surface area contributed by atoms with Crippen LogP contribution in [0, 0.1) is 5.92 Å². The van der Waals surface area contributed by atoms with Gasteiger partial charge in [-0.05, 0) is 50.7 Å². The number of carboxylic acid groups (broad SMARTS) is 1. The first-order valence-corrected chi connectivity index (χ1v) is 7.70. The van der Waals surface area contributed by atoms with Crippen molar-refractivity contribution in [1.82, 2.24) is 14.7 Å². The van der Waals surface area contributed by atoms with E-state index in [0.717, 1.165) is 11.9 Å². The minimum Gasteiger partial charge on any atom is -0.465 e. The van der Waals surface area contributed by atoms with Crippen LogP contribution in [-0.4, -0.2) is 38.0 Å². The first kappa shape index (κ1) is 14.9. The van der Waals surface area contributed by atoms with Crippen LogP contribution >= 0.6 is 0 Å². The van der Waals surface area contributed by atoms with Crippen molar-refractivity contribution in [2.75, 3.05) is 6.54 Å². The quantitative estimate of drug-likeness (QED) is 0.944. The van der Waals surface area contributed by atoms with E-state index in [1.807, 2.05) is 44.6 Å². The van der Waals surface area contributed by atoms with E-state index in [2.05, 4.69) is 17.4 Å². The third kappa shape index (κ3) is 2.67. The van der Waals surface area contributed by atoms with E-state index < -0.39 is 6.09 Å². The Morgan fingerprint density at radius 3 is 2.82 bits per heavy atom. The molecule has 2 aromatic rings. The van der Waals surface area contributed by atoms with Gasteiger partial charge in [0.05, 0.1) is 5.52 Å². The van der Waals surface area contributed by atoms with Crippen molar-refractivity contribution < 1.29 is 9.90 Å². The Morgan fingerprint density at radius 2 is 2.18 bits per heavy atom. The summed E-state index contributed by atoms with van der Waals surface area (Å²) in [4.78, 5) is 13.0. The molecule has 5 nitrogen and oxygen atoms in total. The number of hydrogen-bond acceptors (Lipinski definition) is 2. The summed E-state index contributed by atoms with van der Waals surface area (Å²) in [5.74, 6) is 0.846. The fraction of sp³-hybridized carbons (Fsp3) is 0.529. The largest absolute Gasteiger partial charge is 0.465 e. The SMILES string of the molecule is Cn1cc2c(C3CC3CN(C(=O)O)C(C)(C)C)cccc2n1. The Hall–Kier alpha value is -2.04. The molecule has 118 valence electrons. The molecule has 1 saturated carbocycles. The first-order valence-electron chi connectivity index (χ1n) is 7.70. The number of rotatable bonds is 3. The van der Waals surface area contributed by atoms with Gasteiger partial charge in [-0.1, -0.05) is 12.1 Å². The number of carbonyl (C=O) groups is 1. The number of aromatic nitrogens is 2. The molecular weight excluding hydrogens is 278 g/mol. The number of aryl methyl sites for hydroxylation is 1. The van der Waals surface area contributed by atoms with Gasteiger partial charge in [-0.15, -0.1) is 0 Å². The van der Waals surface area contributed by atoms with Crippen LogP contribution in [0.1, 0.15) is 38.7 Å². The van der Waals surface area contributed by atoms with Gasteiger partial charge in [-0.3, -0.25) is 4.68 Å². The van der Waals surface area contributed by atoms with Crippen LogP contribution in [-0.2, 0) is 7.05 Å². The van der Waals surface area contributed by atoms with Gasteiger partial charge in [0.15, 0.2) is 0 Å². The lowest BCUT2D eigenvalue weighted by Crippen LogP contribution is -2.46. The summed E-state index contributed by atoms with van der Waals surface area (Å²) >= 11 is 0. The molecule has 1 aliphatic carbocycles. The van der Waals surface area contributed by atoms with E-state index in [1.165, 1.54) is 10.9 Å². The molecule has 0 aliphatic heterocycles. The summed E-state index contributed by atoms with van der Waals surface area (Å²) in [6.07, 6.45) is 2.27. The average Bonchev–Trinajstić information content (AvgIpc) is 3.05. The Kier molecular flexibility index (Phi) is 3.38. The number of hydrogen-bond donors (Lipinski definition) is 1. The van der Waals surface area contributed by atoms with E-state index >= 15 is 0 Å². The van der Waals surface area contributed by atoms with Gasteiger partial charge in [-0.2, -0.15) is 5.10 Å². The van der Waals surface area contributed by atoms with Crippen molar-refractivity contribution in [3.63, 3.8) is 0 Å². The molecule has 22 heavy (non-hydrogen) atoms. The second-order valence-electron chi connectivity index (χ2n) is 7.25. The molecule has 1 aliphatic rings.